The van der Waals surface area contributed by atoms with Crippen molar-refractivity contribution in [3.63, 3.8) is 0 Å². The van der Waals surface area contributed by atoms with E-state index in [4.69, 9.17) is 9.84 Å². The Morgan fingerprint density at radius 2 is 2.20 bits per heavy atom. The van der Waals surface area contributed by atoms with Crippen molar-refractivity contribution in [2.75, 3.05) is 6.61 Å². The van der Waals surface area contributed by atoms with Gasteiger partial charge in [0.1, 0.15) is 18.3 Å². The second kappa shape index (κ2) is 4.59. The number of aromatic nitrogens is 4. The van der Waals surface area contributed by atoms with Crippen LogP contribution >= 0.6 is 0 Å². The van der Waals surface area contributed by atoms with Crippen LogP contribution in [0.25, 0.3) is 11.2 Å². The lowest BCUT2D eigenvalue weighted by Gasteiger charge is -2.16. The van der Waals surface area contributed by atoms with Gasteiger partial charge in [-0.1, -0.05) is 0 Å². The zero-order valence-electron chi connectivity index (χ0n) is 9.97. The van der Waals surface area contributed by atoms with Crippen LogP contribution in [0.5, 0.6) is 0 Å². The Labute approximate surface area is 110 Å². The quantitative estimate of drug-likeness (QED) is 0.463. The minimum Gasteiger partial charge on any atom is -0.394 e. The van der Waals surface area contributed by atoms with Crippen molar-refractivity contribution in [2.24, 2.45) is 0 Å². The van der Waals surface area contributed by atoms with Crippen molar-refractivity contribution in [2.45, 2.75) is 24.5 Å². The van der Waals surface area contributed by atoms with Crippen molar-refractivity contribution in [3.8, 4) is 0 Å². The summed E-state index contributed by atoms with van der Waals surface area (Å²) >= 11 is 0. The largest absolute Gasteiger partial charge is 0.394 e. The van der Waals surface area contributed by atoms with Crippen LogP contribution in [-0.4, -0.2) is 59.8 Å². The van der Waals surface area contributed by atoms with Crippen LogP contribution in [0.3, 0.4) is 0 Å². The Balaban J connectivity index is 2.09. The third-order valence-corrected chi connectivity index (χ3v) is 3.19. The van der Waals surface area contributed by atoms with E-state index >= 15 is 0 Å². The van der Waals surface area contributed by atoms with Gasteiger partial charge in [-0.2, -0.15) is 9.37 Å². The molecule has 2 aromatic heterocycles. The van der Waals surface area contributed by atoms with E-state index in [1.807, 2.05) is 4.98 Å². The second-order valence-corrected chi connectivity index (χ2v) is 4.41. The van der Waals surface area contributed by atoms with Gasteiger partial charge in [0.15, 0.2) is 17.4 Å². The van der Waals surface area contributed by atoms with Gasteiger partial charge in [-0.25, -0.2) is 4.98 Å². The van der Waals surface area contributed by atoms with Crippen LogP contribution in [0.15, 0.2) is 11.1 Å². The number of nitrogens with one attached hydrogen (secondary N) is 1. The molecular weight excluding hydrogens is 275 g/mol. The fourth-order valence-electron chi connectivity index (χ4n) is 2.20. The summed E-state index contributed by atoms with van der Waals surface area (Å²) in [7, 11) is 0. The standard InChI is InChI=1S/C10H11FN4O5/c11-10-13-7-4(8(19)14-10)12-2-15(7)9-6(18)5(17)3(1-16)20-9/h2-3,5-6,9,16-18H,1H2,(H,13,14,19)/t3-,5?,6-,9-/m0/s1. The number of imidazole rings is 1. The monoisotopic (exact) mass is 286 g/mol. The van der Waals surface area contributed by atoms with Crippen LogP contribution in [0.2, 0.25) is 0 Å². The molecule has 1 aliphatic heterocycles. The van der Waals surface area contributed by atoms with Crippen molar-refractivity contribution >= 4 is 11.2 Å². The zero-order valence-corrected chi connectivity index (χ0v) is 9.97. The molecule has 4 atom stereocenters. The Morgan fingerprint density at radius 3 is 2.85 bits per heavy atom. The lowest BCUT2D eigenvalue weighted by atomic mass is 10.1. The maximum atomic E-state index is 13.2. The van der Waals surface area contributed by atoms with E-state index in [0.717, 1.165) is 10.9 Å². The molecule has 9 nitrogen and oxygen atoms in total. The molecule has 108 valence electrons. The van der Waals surface area contributed by atoms with Crippen molar-refractivity contribution in [3.05, 3.63) is 22.8 Å². The number of hydrogen-bond donors (Lipinski definition) is 4. The van der Waals surface area contributed by atoms with Gasteiger partial charge in [-0.05, 0) is 0 Å². The van der Waals surface area contributed by atoms with Crippen LogP contribution in [0.1, 0.15) is 6.23 Å². The topological polar surface area (TPSA) is 133 Å². The molecule has 0 amide bonds. The predicted octanol–water partition coefficient (Wildman–Crippen LogP) is -2.13. The number of ether oxygens (including phenoxy) is 1. The highest BCUT2D eigenvalue weighted by Gasteiger charge is 2.44. The van der Waals surface area contributed by atoms with E-state index in [2.05, 4.69) is 9.97 Å². The molecule has 0 saturated carbocycles. The molecule has 2 aromatic rings. The number of aliphatic hydroxyl groups is 3. The summed E-state index contributed by atoms with van der Waals surface area (Å²) in [5.41, 5.74) is -1.01. The molecule has 4 N–H and O–H groups in total. The Bertz CT molecular complexity index is 701. The normalized spacial score (nSPS) is 30.2. The molecule has 1 saturated heterocycles. The Morgan fingerprint density at radius 1 is 1.45 bits per heavy atom. The Kier molecular flexibility index (Phi) is 3.01. The van der Waals surface area contributed by atoms with Gasteiger partial charge in [0.25, 0.3) is 11.6 Å². The molecular formula is C10H11FN4O5. The molecule has 0 aliphatic carbocycles. The fraction of sp³-hybridized carbons (Fsp3) is 0.500. The average molecular weight is 286 g/mol. The van der Waals surface area contributed by atoms with Gasteiger partial charge >= 0.3 is 0 Å². The smallest absolute Gasteiger partial charge is 0.291 e. The highest BCUT2D eigenvalue weighted by molar-refractivity contribution is 5.69. The maximum absolute atomic E-state index is 13.2. The van der Waals surface area contributed by atoms with Gasteiger partial charge in [0.2, 0.25) is 0 Å². The zero-order chi connectivity index (χ0) is 14.4. The highest BCUT2D eigenvalue weighted by Crippen LogP contribution is 2.30. The number of halogens is 1. The molecule has 0 spiro atoms. The summed E-state index contributed by atoms with van der Waals surface area (Å²) in [5, 5.41) is 28.6. The molecule has 1 aliphatic rings. The van der Waals surface area contributed by atoms with Gasteiger partial charge < -0.3 is 20.1 Å². The number of fused-ring (bicyclic) bond motifs is 1. The van der Waals surface area contributed by atoms with E-state index < -0.39 is 42.8 Å². The first-order valence-electron chi connectivity index (χ1n) is 5.77. The van der Waals surface area contributed by atoms with Crippen LogP contribution in [0, 0.1) is 6.08 Å². The first-order chi connectivity index (χ1) is 9.52. The average Bonchev–Trinajstić information content (AvgIpc) is 2.93. The molecule has 0 bridgehead atoms. The maximum Gasteiger partial charge on any atom is 0.291 e. The van der Waals surface area contributed by atoms with E-state index in [9.17, 15) is 19.4 Å². The summed E-state index contributed by atoms with van der Waals surface area (Å²) in [6, 6.07) is 0. The summed E-state index contributed by atoms with van der Waals surface area (Å²) in [5.74, 6) is 0. The second-order valence-electron chi connectivity index (χ2n) is 4.41. The van der Waals surface area contributed by atoms with Crippen molar-refractivity contribution in [1.82, 2.24) is 19.5 Å². The summed E-state index contributed by atoms with van der Waals surface area (Å²) < 4.78 is 19.6. The Hall–Kier alpha value is -1.88. The first-order valence-corrected chi connectivity index (χ1v) is 5.77. The van der Waals surface area contributed by atoms with Gasteiger partial charge in [0.05, 0.1) is 12.9 Å². The molecule has 10 heteroatoms. The molecule has 3 rings (SSSR count). The van der Waals surface area contributed by atoms with E-state index in [1.54, 1.807) is 0 Å². The van der Waals surface area contributed by atoms with E-state index in [-0.39, 0.29) is 11.2 Å². The van der Waals surface area contributed by atoms with Crippen molar-refractivity contribution < 1.29 is 24.4 Å². The summed E-state index contributed by atoms with van der Waals surface area (Å²) in [6.07, 6.45) is -4.74. The van der Waals surface area contributed by atoms with Crippen LogP contribution in [0.4, 0.5) is 4.39 Å². The molecule has 3 heterocycles. The summed E-state index contributed by atoms with van der Waals surface area (Å²) in [4.78, 5) is 20.6. The molecule has 20 heavy (non-hydrogen) atoms. The third kappa shape index (κ3) is 1.81. The molecule has 0 radical (unpaired) electrons. The molecule has 1 unspecified atom stereocenters. The SMILES string of the molecule is O=c1[nH]c(F)nc2c1ncn2[C@H]1O[C@@H](CO)C(O)[C@@H]1O. The number of aliphatic hydroxyl groups excluding tert-OH is 3. The lowest BCUT2D eigenvalue weighted by Crippen LogP contribution is -2.33. The minimum absolute atomic E-state index is 0.121. The number of nitrogens with zero attached hydrogens (tertiary/aromatic N) is 3. The number of rotatable bonds is 2. The van der Waals surface area contributed by atoms with Crippen molar-refractivity contribution in [1.29, 1.82) is 0 Å². The lowest BCUT2D eigenvalue weighted by molar-refractivity contribution is -0.0511. The van der Waals surface area contributed by atoms with E-state index in [0.29, 0.717) is 0 Å². The number of aromatic amines is 1. The van der Waals surface area contributed by atoms with Crippen LogP contribution in [-0.2, 0) is 4.74 Å². The third-order valence-electron chi connectivity index (χ3n) is 3.19. The fourth-order valence-corrected chi connectivity index (χ4v) is 2.20. The predicted molar refractivity (Wildman–Crippen MR) is 61.1 cm³/mol. The summed E-state index contributed by atoms with van der Waals surface area (Å²) in [6.45, 7) is -0.496. The highest BCUT2D eigenvalue weighted by atomic mass is 19.1. The minimum atomic E-state index is -1.37. The molecule has 1 fully saturated rings. The van der Waals surface area contributed by atoms with E-state index in [1.165, 1.54) is 0 Å². The molecule has 0 aromatic carbocycles. The van der Waals surface area contributed by atoms with Gasteiger partial charge in [0, 0.05) is 0 Å². The number of H-pyrrole nitrogens is 1. The number of hydrogen-bond acceptors (Lipinski definition) is 7. The van der Waals surface area contributed by atoms with Gasteiger partial charge in [-0.3, -0.25) is 14.3 Å². The van der Waals surface area contributed by atoms with Crippen LogP contribution < -0.4 is 5.56 Å². The first kappa shape index (κ1) is 13.1. The van der Waals surface area contributed by atoms with Gasteiger partial charge in [-0.15, -0.1) is 0 Å².